The number of anilines is 1. The number of carbonyl (C=O) groups is 3. The number of thioether (sulfide) groups is 1. The molecule has 0 fully saturated rings. The van der Waals surface area contributed by atoms with E-state index in [2.05, 4.69) is 15.5 Å². The second-order valence-electron chi connectivity index (χ2n) is 6.18. The Kier molecular flexibility index (Phi) is 8.23. The molecule has 3 rings (SSSR count). The molecule has 9 nitrogen and oxygen atoms in total. The van der Waals surface area contributed by atoms with E-state index in [9.17, 15) is 14.4 Å². The number of nitrogens with one attached hydrogen (secondary N) is 1. The zero-order valence-electron chi connectivity index (χ0n) is 16.9. The number of carbonyl (C=O) groups excluding carboxylic acids is 3. The van der Waals surface area contributed by atoms with Crippen LogP contribution in [0.25, 0.3) is 11.5 Å². The Hall–Kier alpha value is -3.37. The number of halogens is 1. The van der Waals surface area contributed by atoms with Gasteiger partial charge in [-0.2, -0.15) is 0 Å². The van der Waals surface area contributed by atoms with Gasteiger partial charge in [-0.3, -0.25) is 9.59 Å². The fourth-order valence-electron chi connectivity index (χ4n) is 2.39. The number of rotatable bonds is 9. The molecule has 2 aromatic carbocycles. The smallest absolute Gasteiger partial charge is 0.338 e. The van der Waals surface area contributed by atoms with E-state index in [-0.39, 0.29) is 17.6 Å². The van der Waals surface area contributed by atoms with E-state index in [0.29, 0.717) is 27.7 Å². The molecule has 0 saturated carbocycles. The van der Waals surface area contributed by atoms with Gasteiger partial charge < -0.3 is 19.2 Å². The topological polar surface area (TPSA) is 121 Å². The van der Waals surface area contributed by atoms with Crippen molar-refractivity contribution >= 4 is 46.9 Å². The maximum Gasteiger partial charge on any atom is 0.338 e. The van der Waals surface area contributed by atoms with Crippen molar-refractivity contribution in [3.63, 3.8) is 0 Å². The average molecular weight is 476 g/mol. The molecule has 0 atom stereocenters. The number of ether oxygens (including phenoxy) is 2. The van der Waals surface area contributed by atoms with Crippen molar-refractivity contribution < 1.29 is 28.3 Å². The number of aromatic nitrogens is 2. The van der Waals surface area contributed by atoms with Crippen molar-refractivity contribution in [1.82, 2.24) is 10.2 Å². The fraction of sp³-hybridized carbons (Fsp3) is 0.190. The minimum absolute atomic E-state index is 0.107. The Morgan fingerprint density at radius 1 is 1.03 bits per heavy atom. The van der Waals surface area contributed by atoms with Crippen LogP contribution in [0.3, 0.4) is 0 Å². The third-order valence-electron chi connectivity index (χ3n) is 3.86. The number of benzene rings is 2. The van der Waals surface area contributed by atoms with E-state index in [0.717, 1.165) is 11.8 Å². The van der Waals surface area contributed by atoms with E-state index in [4.69, 9.17) is 25.5 Å². The van der Waals surface area contributed by atoms with Crippen LogP contribution in [0.2, 0.25) is 5.02 Å². The highest BCUT2D eigenvalue weighted by atomic mass is 35.5. The van der Waals surface area contributed by atoms with Crippen LogP contribution in [-0.4, -0.2) is 47.0 Å². The molecule has 1 amide bonds. The first-order valence-corrected chi connectivity index (χ1v) is 10.8. The lowest BCUT2D eigenvalue weighted by Gasteiger charge is -2.07. The van der Waals surface area contributed by atoms with Gasteiger partial charge in [-0.15, -0.1) is 10.2 Å². The summed E-state index contributed by atoms with van der Waals surface area (Å²) in [4.78, 5) is 35.5. The minimum atomic E-state index is -0.617. The summed E-state index contributed by atoms with van der Waals surface area (Å²) in [6, 6.07) is 13.0. The molecule has 0 bridgehead atoms. The summed E-state index contributed by atoms with van der Waals surface area (Å²) < 4.78 is 15.3. The molecule has 1 aromatic heterocycles. The molecule has 0 spiro atoms. The van der Waals surface area contributed by atoms with Crippen LogP contribution in [0, 0.1) is 0 Å². The molecular formula is C21H18ClN3O6S. The van der Waals surface area contributed by atoms with Crippen LogP contribution >= 0.6 is 23.4 Å². The Labute approximate surface area is 192 Å². The van der Waals surface area contributed by atoms with Gasteiger partial charge in [-0.25, -0.2) is 4.79 Å². The summed E-state index contributed by atoms with van der Waals surface area (Å²) in [5, 5.41) is 11.1. The van der Waals surface area contributed by atoms with Gasteiger partial charge in [0.2, 0.25) is 5.89 Å². The van der Waals surface area contributed by atoms with Gasteiger partial charge >= 0.3 is 11.9 Å². The van der Waals surface area contributed by atoms with E-state index in [1.807, 2.05) is 0 Å². The molecule has 0 aliphatic heterocycles. The minimum Gasteiger partial charge on any atom is -0.462 e. The summed E-state index contributed by atoms with van der Waals surface area (Å²) in [6.45, 7) is 1.53. The standard InChI is InChI=1S/C21H18ClN3O6S/c1-2-29-20(28)14-5-9-16(10-6-14)23-17(26)11-30-18(27)12-32-21-25-24-19(31-21)13-3-7-15(22)8-4-13/h3-10H,2,11-12H2,1H3,(H,23,26). The molecule has 11 heteroatoms. The molecule has 166 valence electrons. The highest BCUT2D eigenvalue weighted by molar-refractivity contribution is 7.99. The van der Waals surface area contributed by atoms with Crippen molar-refractivity contribution in [2.45, 2.75) is 12.1 Å². The molecule has 0 saturated heterocycles. The number of esters is 2. The van der Waals surface area contributed by atoms with Gasteiger partial charge in [0, 0.05) is 16.3 Å². The van der Waals surface area contributed by atoms with E-state index < -0.39 is 24.5 Å². The molecule has 0 unspecified atom stereocenters. The highest BCUT2D eigenvalue weighted by Crippen LogP contribution is 2.24. The first kappa shape index (κ1) is 23.3. The molecule has 1 N–H and O–H groups in total. The highest BCUT2D eigenvalue weighted by Gasteiger charge is 2.14. The largest absolute Gasteiger partial charge is 0.462 e. The normalized spacial score (nSPS) is 10.4. The van der Waals surface area contributed by atoms with Crippen LogP contribution in [0.15, 0.2) is 58.2 Å². The van der Waals surface area contributed by atoms with Gasteiger partial charge in [0.05, 0.1) is 12.2 Å². The van der Waals surface area contributed by atoms with Crippen LogP contribution in [0.4, 0.5) is 5.69 Å². The molecule has 0 aliphatic rings. The molecule has 0 radical (unpaired) electrons. The maximum atomic E-state index is 12.0. The number of hydrogen-bond acceptors (Lipinski definition) is 9. The Morgan fingerprint density at radius 2 is 1.75 bits per heavy atom. The first-order chi connectivity index (χ1) is 15.4. The van der Waals surface area contributed by atoms with Gasteiger partial charge in [0.1, 0.15) is 5.75 Å². The quantitative estimate of drug-likeness (QED) is 0.363. The second kappa shape index (κ2) is 11.3. The van der Waals surface area contributed by atoms with Crippen molar-refractivity contribution in [1.29, 1.82) is 0 Å². The summed E-state index contributed by atoms with van der Waals surface area (Å²) in [5.74, 6) is -1.39. The summed E-state index contributed by atoms with van der Waals surface area (Å²) in [6.07, 6.45) is 0. The lowest BCUT2D eigenvalue weighted by Crippen LogP contribution is -2.21. The monoisotopic (exact) mass is 475 g/mol. The lowest BCUT2D eigenvalue weighted by molar-refractivity contribution is -0.144. The number of nitrogens with zero attached hydrogens (tertiary/aromatic N) is 2. The van der Waals surface area contributed by atoms with Gasteiger partial charge in [-0.1, -0.05) is 23.4 Å². The predicted octanol–water partition coefficient (Wildman–Crippen LogP) is 3.84. The van der Waals surface area contributed by atoms with Crippen molar-refractivity contribution in [3.8, 4) is 11.5 Å². The Bertz CT molecular complexity index is 1090. The summed E-state index contributed by atoms with van der Waals surface area (Å²) in [7, 11) is 0. The predicted molar refractivity (Wildman–Crippen MR) is 117 cm³/mol. The van der Waals surface area contributed by atoms with Gasteiger partial charge in [0.25, 0.3) is 11.1 Å². The third-order valence-corrected chi connectivity index (χ3v) is 4.90. The van der Waals surface area contributed by atoms with Crippen LogP contribution in [0.1, 0.15) is 17.3 Å². The first-order valence-electron chi connectivity index (χ1n) is 9.39. The lowest BCUT2D eigenvalue weighted by atomic mass is 10.2. The summed E-state index contributed by atoms with van der Waals surface area (Å²) in [5.41, 5.74) is 1.52. The van der Waals surface area contributed by atoms with E-state index in [1.54, 1.807) is 43.3 Å². The van der Waals surface area contributed by atoms with E-state index in [1.165, 1.54) is 12.1 Å². The maximum absolute atomic E-state index is 12.0. The van der Waals surface area contributed by atoms with Crippen LogP contribution < -0.4 is 5.32 Å². The zero-order chi connectivity index (χ0) is 22.9. The Balaban J connectivity index is 1.40. The fourth-order valence-corrected chi connectivity index (χ4v) is 3.07. The van der Waals surface area contributed by atoms with Crippen molar-refractivity contribution in [2.75, 3.05) is 24.3 Å². The third kappa shape index (κ3) is 6.82. The van der Waals surface area contributed by atoms with Gasteiger partial charge in [-0.05, 0) is 55.5 Å². The molecule has 32 heavy (non-hydrogen) atoms. The van der Waals surface area contributed by atoms with Crippen LogP contribution in [-0.2, 0) is 19.1 Å². The number of amides is 1. The van der Waals surface area contributed by atoms with E-state index >= 15 is 0 Å². The SMILES string of the molecule is CCOC(=O)c1ccc(NC(=O)COC(=O)CSc2nnc(-c3ccc(Cl)cc3)o2)cc1. The summed E-state index contributed by atoms with van der Waals surface area (Å²) >= 11 is 6.84. The molecular weight excluding hydrogens is 458 g/mol. The van der Waals surface area contributed by atoms with Gasteiger partial charge in [0.15, 0.2) is 6.61 Å². The zero-order valence-corrected chi connectivity index (χ0v) is 18.4. The second-order valence-corrected chi connectivity index (χ2v) is 7.54. The van der Waals surface area contributed by atoms with Crippen LogP contribution in [0.5, 0.6) is 0 Å². The van der Waals surface area contributed by atoms with Crippen molar-refractivity contribution in [3.05, 3.63) is 59.1 Å². The van der Waals surface area contributed by atoms with Crippen molar-refractivity contribution in [2.24, 2.45) is 0 Å². The number of hydrogen-bond donors (Lipinski definition) is 1. The Morgan fingerprint density at radius 3 is 2.44 bits per heavy atom. The average Bonchev–Trinajstić information content (AvgIpc) is 3.26. The molecule has 3 aromatic rings. The molecule has 0 aliphatic carbocycles. The molecule has 1 heterocycles.